The van der Waals surface area contributed by atoms with E-state index in [2.05, 4.69) is 26.7 Å². The molecule has 0 spiro atoms. The molecule has 0 amide bonds. The standard InChI is InChI=1S/C19H23FN4O2S/c1-14-18-8-7-17(27(25,26)16-5-3-15(20)4-6-16)13-23(18)11-12-24(14)19-21-9-2-10-22-19/h2-6,9-10,14,17-18H,7-8,11-13H2,1H3. The molecule has 2 aliphatic rings. The summed E-state index contributed by atoms with van der Waals surface area (Å²) >= 11 is 0. The van der Waals surface area contributed by atoms with E-state index in [0.717, 1.165) is 25.5 Å². The Balaban J connectivity index is 1.49. The van der Waals surface area contributed by atoms with Gasteiger partial charge in [-0.2, -0.15) is 0 Å². The van der Waals surface area contributed by atoms with E-state index in [1.165, 1.54) is 24.3 Å². The minimum Gasteiger partial charge on any atom is -0.335 e. The van der Waals surface area contributed by atoms with Gasteiger partial charge in [-0.15, -0.1) is 0 Å². The molecule has 1 aromatic carbocycles. The number of nitrogens with zero attached hydrogens (tertiary/aromatic N) is 4. The lowest BCUT2D eigenvalue weighted by Gasteiger charge is -2.50. The van der Waals surface area contributed by atoms with Gasteiger partial charge in [-0.3, -0.25) is 4.90 Å². The maximum Gasteiger partial charge on any atom is 0.225 e. The third-order valence-corrected chi connectivity index (χ3v) is 7.95. The van der Waals surface area contributed by atoms with Crippen LogP contribution >= 0.6 is 0 Å². The number of piperazine rings is 1. The van der Waals surface area contributed by atoms with Crippen molar-refractivity contribution in [3.63, 3.8) is 0 Å². The van der Waals surface area contributed by atoms with Gasteiger partial charge in [0.15, 0.2) is 9.84 Å². The molecule has 6 nitrogen and oxygen atoms in total. The minimum atomic E-state index is -3.46. The fraction of sp³-hybridized carbons (Fsp3) is 0.474. The molecule has 27 heavy (non-hydrogen) atoms. The second-order valence-electron chi connectivity index (χ2n) is 7.24. The van der Waals surface area contributed by atoms with Crippen LogP contribution in [0.4, 0.5) is 10.3 Å². The molecule has 3 heterocycles. The highest BCUT2D eigenvalue weighted by Gasteiger charge is 2.42. The number of halogens is 1. The molecule has 2 aromatic rings. The van der Waals surface area contributed by atoms with Crippen molar-refractivity contribution in [1.82, 2.24) is 14.9 Å². The molecule has 2 saturated heterocycles. The molecule has 2 aliphatic heterocycles. The molecule has 0 aliphatic carbocycles. The number of benzene rings is 1. The Morgan fingerprint density at radius 1 is 1.07 bits per heavy atom. The summed E-state index contributed by atoms with van der Waals surface area (Å²) in [6, 6.07) is 7.44. The first-order valence-electron chi connectivity index (χ1n) is 9.24. The number of anilines is 1. The van der Waals surface area contributed by atoms with Crippen LogP contribution < -0.4 is 4.90 Å². The Morgan fingerprint density at radius 3 is 2.48 bits per heavy atom. The number of hydrogen-bond donors (Lipinski definition) is 0. The number of rotatable bonds is 3. The predicted octanol–water partition coefficient (Wildman–Crippen LogP) is 2.13. The largest absolute Gasteiger partial charge is 0.335 e. The average Bonchev–Trinajstić information content (AvgIpc) is 2.69. The summed E-state index contributed by atoms with van der Waals surface area (Å²) in [5, 5.41) is -0.453. The van der Waals surface area contributed by atoms with Crippen LogP contribution in [-0.4, -0.2) is 60.3 Å². The first-order valence-corrected chi connectivity index (χ1v) is 10.8. The number of hydrogen-bond acceptors (Lipinski definition) is 6. The van der Waals surface area contributed by atoms with Crippen LogP contribution in [0.25, 0.3) is 0 Å². The van der Waals surface area contributed by atoms with Gasteiger partial charge < -0.3 is 4.90 Å². The summed E-state index contributed by atoms with van der Waals surface area (Å²) in [5.41, 5.74) is 0. The van der Waals surface area contributed by atoms with Gasteiger partial charge in [0.05, 0.1) is 10.1 Å². The van der Waals surface area contributed by atoms with Gasteiger partial charge in [-0.25, -0.2) is 22.8 Å². The molecule has 4 rings (SSSR count). The SMILES string of the molecule is CC1C2CCC(S(=O)(=O)c3ccc(F)cc3)CN2CCN1c1ncccn1. The van der Waals surface area contributed by atoms with Crippen LogP contribution in [0.3, 0.4) is 0 Å². The number of aromatic nitrogens is 2. The van der Waals surface area contributed by atoms with Crippen molar-refractivity contribution in [3.8, 4) is 0 Å². The molecular formula is C19H23FN4O2S. The molecule has 1 aromatic heterocycles. The van der Waals surface area contributed by atoms with Crippen LogP contribution in [0.5, 0.6) is 0 Å². The summed E-state index contributed by atoms with van der Waals surface area (Å²) in [7, 11) is -3.46. The van der Waals surface area contributed by atoms with E-state index in [4.69, 9.17) is 0 Å². The highest BCUT2D eigenvalue weighted by molar-refractivity contribution is 7.92. The summed E-state index contributed by atoms with van der Waals surface area (Å²) in [6.07, 6.45) is 4.89. The highest BCUT2D eigenvalue weighted by atomic mass is 32.2. The van der Waals surface area contributed by atoms with E-state index in [1.54, 1.807) is 18.5 Å². The van der Waals surface area contributed by atoms with E-state index in [0.29, 0.717) is 13.0 Å². The van der Waals surface area contributed by atoms with Gasteiger partial charge >= 0.3 is 0 Å². The van der Waals surface area contributed by atoms with Gasteiger partial charge in [-0.05, 0) is 50.1 Å². The summed E-state index contributed by atoms with van der Waals surface area (Å²) in [5.74, 6) is 0.302. The maximum atomic E-state index is 13.1. The molecule has 8 heteroatoms. The monoisotopic (exact) mass is 390 g/mol. The molecule has 3 atom stereocenters. The normalized spacial score (nSPS) is 26.6. The van der Waals surface area contributed by atoms with Crippen molar-refractivity contribution in [2.24, 2.45) is 0 Å². The first kappa shape index (κ1) is 18.3. The Hall–Kier alpha value is -2.06. The molecule has 0 saturated carbocycles. The maximum absolute atomic E-state index is 13.1. The molecule has 0 N–H and O–H groups in total. The van der Waals surface area contributed by atoms with Crippen LogP contribution in [0.2, 0.25) is 0 Å². The molecule has 144 valence electrons. The van der Waals surface area contributed by atoms with Crippen molar-refractivity contribution in [2.75, 3.05) is 24.5 Å². The fourth-order valence-corrected chi connectivity index (χ4v) is 6.00. The van der Waals surface area contributed by atoms with E-state index < -0.39 is 20.9 Å². The topological polar surface area (TPSA) is 66.4 Å². The van der Waals surface area contributed by atoms with Crippen molar-refractivity contribution in [2.45, 2.75) is 42.0 Å². The van der Waals surface area contributed by atoms with E-state index >= 15 is 0 Å². The Morgan fingerprint density at radius 2 is 1.78 bits per heavy atom. The lowest BCUT2D eigenvalue weighted by Crippen LogP contribution is -2.62. The van der Waals surface area contributed by atoms with Gasteiger partial charge in [0.25, 0.3) is 0 Å². The molecule has 3 unspecified atom stereocenters. The van der Waals surface area contributed by atoms with E-state index in [9.17, 15) is 12.8 Å². The Labute approximate surface area is 159 Å². The molecule has 2 fully saturated rings. The smallest absolute Gasteiger partial charge is 0.225 e. The molecule has 0 bridgehead atoms. The van der Waals surface area contributed by atoms with Crippen molar-refractivity contribution in [1.29, 1.82) is 0 Å². The number of piperidine rings is 1. The highest BCUT2D eigenvalue weighted by Crippen LogP contribution is 2.32. The second-order valence-corrected chi connectivity index (χ2v) is 9.47. The van der Waals surface area contributed by atoms with Crippen molar-refractivity contribution < 1.29 is 12.8 Å². The van der Waals surface area contributed by atoms with Crippen molar-refractivity contribution >= 4 is 15.8 Å². The number of fused-ring (bicyclic) bond motifs is 1. The third-order valence-electron chi connectivity index (χ3n) is 5.76. The number of sulfone groups is 1. The molecular weight excluding hydrogens is 367 g/mol. The van der Waals surface area contributed by atoms with Crippen LogP contribution in [0, 0.1) is 5.82 Å². The summed E-state index contributed by atoms with van der Waals surface area (Å²) in [4.78, 5) is 13.4. The quantitative estimate of drug-likeness (QED) is 0.748. The molecule has 0 radical (unpaired) electrons. The summed E-state index contributed by atoms with van der Waals surface area (Å²) in [6.45, 7) is 4.22. The predicted molar refractivity (Wildman–Crippen MR) is 101 cm³/mol. The van der Waals surface area contributed by atoms with Crippen LogP contribution in [-0.2, 0) is 9.84 Å². The lowest BCUT2D eigenvalue weighted by atomic mass is 9.93. The third kappa shape index (κ3) is 3.43. The fourth-order valence-electron chi connectivity index (χ4n) is 4.27. The van der Waals surface area contributed by atoms with Gasteiger partial charge in [0, 0.05) is 44.1 Å². The second kappa shape index (κ2) is 7.16. The van der Waals surface area contributed by atoms with Gasteiger partial charge in [-0.1, -0.05) is 0 Å². The Bertz CT molecular complexity index is 892. The first-order chi connectivity index (χ1) is 13.0. The van der Waals surface area contributed by atoms with Crippen LogP contribution in [0.1, 0.15) is 19.8 Å². The summed E-state index contributed by atoms with van der Waals surface area (Å²) < 4.78 is 39.1. The van der Waals surface area contributed by atoms with Gasteiger partial charge in [0.1, 0.15) is 5.82 Å². The Kier molecular flexibility index (Phi) is 4.86. The average molecular weight is 390 g/mol. The van der Waals surface area contributed by atoms with Crippen LogP contribution in [0.15, 0.2) is 47.6 Å². The zero-order valence-electron chi connectivity index (χ0n) is 15.2. The minimum absolute atomic E-state index is 0.205. The van der Waals surface area contributed by atoms with Crippen molar-refractivity contribution in [3.05, 3.63) is 48.5 Å². The lowest BCUT2D eigenvalue weighted by molar-refractivity contribution is 0.106. The van der Waals surface area contributed by atoms with E-state index in [-0.39, 0.29) is 17.0 Å². The zero-order valence-corrected chi connectivity index (χ0v) is 16.0. The van der Waals surface area contributed by atoms with E-state index in [1.807, 2.05) is 0 Å². The van der Waals surface area contributed by atoms with Gasteiger partial charge in [0.2, 0.25) is 5.95 Å². The zero-order chi connectivity index (χ0) is 19.0.